The Labute approximate surface area is 151 Å². The van der Waals surface area contributed by atoms with Gasteiger partial charge in [0.2, 0.25) is 5.88 Å². The minimum Gasteiger partial charge on any atom is -0.479 e. The van der Waals surface area contributed by atoms with Crippen molar-refractivity contribution in [3.05, 3.63) is 28.2 Å². The second-order valence-electron chi connectivity index (χ2n) is 6.07. The summed E-state index contributed by atoms with van der Waals surface area (Å²) in [6.45, 7) is 2.81. The summed E-state index contributed by atoms with van der Waals surface area (Å²) in [6.07, 6.45) is 3.19. The number of carbonyl (C=O) groups excluding carboxylic acids is 1. The predicted octanol–water partition coefficient (Wildman–Crippen LogP) is 3.15. The molecule has 1 aliphatic heterocycles. The van der Waals surface area contributed by atoms with Crippen LogP contribution in [0.15, 0.2) is 17.8 Å². The molecule has 0 radical (unpaired) electrons. The van der Waals surface area contributed by atoms with Crippen LogP contribution < -0.4 is 15.0 Å². The first-order valence-electron chi connectivity index (χ1n) is 8.27. The molecule has 0 saturated carbocycles. The van der Waals surface area contributed by atoms with Gasteiger partial charge < -0.3 is 14.5 Å². The Morgan fingerprint density at radius 2 is 2.28 bits per heavy atom. The van der Waals surface area contributed by atoms with Gasteiger partial charge in [-0.15, -0.1) is 11.3 Å². The number of fused-ring (bicyclic) bond motifs is 1. The number of nitrogens with zero attached hydrogens (tertiary/aromatic N) is 4. The van der Waals surface area contributed by atoms with Gasteiger partial charge in [0.1, 0.15) is 12.0 Å². The van der Waals surface area contributed by atoms with Gasteiger partial charge in [-0.25, -0.2) is 9.78 Å². The van der Waals surface area contributed by atoms with Crippen molar-refractivity contribution in [3.8, 4) is 5.88 Å². The molecular formula is C17H23N5O2S. The lowest BCUT2D eigenvalue weighted by atomic mass is 9.98. The molecule has 0 aromatic carbocycles. The number of hydrogen-bond donors (Lipinski definition) is 1. The summed E-state index contributed by atoms with van der Waals surface area (Å²) in [5.41, 5.74) is 1.75. The third-order valence-electron chi connectivity index (χ3n) is 4.38. The monoisotopic (exact) mass is 361 g/mol. The molecule has 0 spiro atoms. The van der Waals surface area contributed by atoms with Crippen LogP contribution >= 0.6 is 11.3 Å². The number of anilines is 2. The van der Waals surface area contributed by atoms with Crippen molar-refractivity contribution in [2.24, 2.45) is 0 Å². The highest BCUT2D eigenvalue weighted by Gasteiger charge is 2.31. The molecule has 0 fully saturated rings. The van der Waals surface area contributed by atoms with Crippen LogP contribution in [-0.4, -0.2) is 48.6 Å². The Morgan fingerprint density at radius 3 is 2.96 bits per heavy atom. The van der Waals surface area contributed by atoms with E-state index in [1.54, 1.807) is 11.3 Å². The van der Waals surface area contributed by atoms with E-state index in [0.717, 1.165) is 12.8 Å². The fraction of sp³-hybridized carbons (Fsp3) is 0.471. The summed E-state index contributed by atoms with van der Waals surface area (Å²) in [6, 6.07) is 2.07. The molecule has 0 bridgehead atoms. The van der Waals surface area contributed by atoms with Crippen molar-refractivity contribution < 1.29 is 9.53 Å². The van der Waals surface area contributed by atoms with E-state index < -0.39 is 0 Å². The number of nitrogens with one attached hydrogen (secondary N) is 1. The van der Waals surface area contributed by atoms with Crippen molar-refractivity contribution in [2.45, 2.75) is 25.8 Å². The maximum Gasteiger partial charge on any atom is 0.322 e. The summed E-state index contributed by atoms with van der Waals surface area (Å²) < 4.78 is 5.31. The van der Waals surface area contributed by atoms with Crippen LogP contribution in [0.4, 0.5) is 16.3 Å². The Bertz CT molecular complexity index is 761. The van der Waals surface area contributed by atoms with Crippen LogP contribution in [0, 0.1) is 0 Å². The average Bonchev–Trinajstić information content (AvgIpc) is 3.09. The van der Waals surface area contributed by atoms with Gasteiger partial charge in [0, 0.05) is 25.5 Å². The Kier molecular flexibility index (Phi) is 5.08. The first-order chi connectivity index (χ1) is 12.1. The molecule has 1 aliphatic rings. The summed E-state index contributed by atoms with van der Waals surface area (Å²) in [5.74, 6) is 0.967. The van der Waals surface area contributed by atoms with Gasteiger partial charge in [0.15, 0.2) is 5.82 Å². The van der Waals surface area contributed by atoms with Crippen LogP contribution in [-0.2, 0) is 6.42 Å². The van der Waals surface area contributed by atoms with Crippen molar-refractivity contribution in [3.63, 3.8) is 0 Å². The lowest BCUT2D eigenvalue weighted by Crippen LogP contribution is -2.42. The van der Waals surface area contributed by atoms with Gasteiger partial charge in [0.05, 0.1) is 13.2 Å². The fourth-order valence-corrected chi connectivity index (χ4v) is 4.15. The maximum atomic E-state index is 13.0. The highest BCUT2D eigenvalue weighted by atomic mass is 32.1. The largest absolute Gasteiger partial charge is 0.479 e. The molecule has 7 nitrogen and oxygen atoms in total. The quantitative estimate of drug-likeness (QED) is 0.906. The highest BCUT2D eigenvalue weighted by molar-refractivity contribution is 7.10. The molecule has 2 amide bonds. The van der Waals surface area contributed by atoms with Crippen LogP contribution in [0.2, 0.25) is 0 Å². The number of rotatable bonds is 4. The Balaban J connectivity index is 1.88. The summed E-state index contributed by atoms with van der Waals surface area (Å²) in [4.78, 5) is 26.5. The molecule has 1 atom stereocenters. The van der Waals surface area contributed by atoms with Gasteiger partial charge in [0.25, 0.3) is 0 Å². The molecule has 0 saturated heterocycles. The first-order valence-corrected chi connectivity index (χ1v) is 9.15. The first kappa shape index (κ1) is 17.5. The van der Waals surface area contributed by atoms with Gasteiger partial charge in [-0.1, -0.05) is 6.92 Å². The molecule has 8 heteroatoms. The summed E-state index contributed by atoms with van der Waals surface area (Å²) in [5, 5.41) is 5.07. The molecule has 1 N–H and O–H groups in total. The SMILES string of the molecule is CCC1c2ccsc2CCN1C(=O)Nc1c(OC)ncnc1N(C)C. The number of hydrogen-bond acceptors (Lipinski definition) is 6. The molecule has 25 heavy (non-hydrogen) atoms. The molecule has 134 valence electrons. The topological polar surface area (TPSA) is 70.6 Å². The third kappa shape index (κ3) is 3.26. The van der Waals surface area contributed by atoms with Crippen LogP contribution in [0.5, 0.6) is 5.88 Å². The molecule has 0 aliphatic carbocycles. The lowest BCUT2D eigenvalue weighted by molar-refractivity contribution is 0.181. The number of amides is 2. The van der Waals surface area contributed by atoms with E-state index in [1.807, 2.05) is 23.9 Å². The van der Waals surface area contributed by atoms with Crippen molar-refractivity contribution in [1.82, 2.24) is 14.9 Å². The summed E-state index contributed by atoms with van der Waals surface area (Å²) in [7, 11) is 5.26. The standard InChI is InChI=1S/C17H23N5O2S/c1-5-12-11-7-9-25-13(11)6-8-22(12)17(23)20-14-15(21(2)3)18-10-19-16(14)24-4/h7,9-10,12H,5-6,8H2,1-4H3,(H,20,23). The van der Waals surface area contributed by atoms with Gasteiger partial charge >= 0.3 is 6.03 Å². The number of urea groups is 1. The zero-order valence-corrected chi connectivity index (χ0v) is 15.8. The molecule has 2 aromatic rings. The smallest absolute Gasteiger partial charge is 0.322 e. The van der Waals surface area contributed by atoms with E-state index in [-0.39, 0.29) is 12.1 Å². The normalized spacial score (nSPS) is 16.3. The zero-order valence-electron chi connectivity index (χ0n) is 14.9. The summed E-state index contributed by atoms with van der Waals surface area (Å²) >= 11 is 1.77. The van der Waals surface area contributed by atoms with Gasteiger partial charge in [-0.3, -0.25) is 5.32 Å². The maximum absolute atomic E-state index is 13.0. The number of carbonyl (C=O) groups is 1. The average molecular weight is 361 g/mol. The number of methoxy groups -OCH3 is 1. The minimum absolute atomic E-state index is 0.0911. The van der Waals surface area contributed by atoms with E-state index in [1.165, 1.54) is 23.9 Å². The number of ether oxygens (including phenoxy) is 1. The third-order valence-corrected chi connectivity index (χ3v) is 5.38. The van der Waals surface area contributed by atoms with E-state index in [2.05, 4.69) is 33.7 Å². The molecule has 1 unspecified atom stereocenters. The Morgan fingerprint density at radius 1 is 1.48 bits per heavy atom. The molecule has 3 rings (SSSR count). The van der Waals surface area contributed by atoms with Gasteiger partial charge in [-0.2, -0.15) is 4.98 Å². The second-order valence-corrected chi connectivity index (χ2v) is 7.07. The highest BCUT2D eigenvalue weighted by Crippen LogP contribution is 2.36. The van der Waals surface area contributed by atoms with E-state index in [9.17, 15) is 4.79 Å². The van der Waals surface area contributed by atoms with Gasteiger partial charge in [-0.05, 0) is 29.9 Å². The lowest BCUT2D eigenvalue weighted by Gasteiger charge is -2.35. The minimum atomic E-state index is -0.153. The molecule has 3 heterocycles. The van der Waals surface area contributed by atoms with E-state index in [0.29, 0.717) is 23.9 Å². The van der Waals surface area contributed by atoms with Crippen molar-refractivity contribution in [2.75, 3.05) is 38.0 Å². The predicted molar refractivity (Wildman–Crippen MR) is 99.7 cm³/mol. The van der Waals surface area contributed by atoms with E-state index in [4.69, 9.17) is 4.74 Å². The van der Waals surface area contributed by atoms with Crippen molar-refractivity contribution in [1.29, 1.82) is 0 Å². The zero-order chi connectivity index (χ0) is 18.0. The second kappa shape index (κ2) is 7.26. The molecule has 2 aromatic heterocycles. The number of thiophene rings is 1. The Hall–Kier alpha value is -2.35. The van der Waals surface area contributed by atoms with Crippen LogP contribution in [0.25, 0.3) is 0 Å². The van der Waals surface area contributed by atoms with E-state index >= 15 is 0 Å². The molecular weight excluding hydrogens is 338 g/mol. The van der Waals surface area contributed by atoms with Crippen LogP contribution in [0.3, 0.4) is 0 Å². The fourth-order valence-electron chi connectivity index (χ4n) is 3.22. The van der Waals surface area contributed by atoms with Crippen LogP contribution in [0.1, 0.15) is 29.8 Å². The number of aromatic nitrogens is 2. The van der Waals surface area contributed by atoms with Crippen molar-refractivity contribution >= 4 is 28.9 Å².